The topological polar surface area (TPSA) is 20.3 Å². The van der Waals surface area contributed by atoms with Crippen LogP contribution in [-0.4, -0.2) is 13.0 Å². The van der Waals surface area contributed by atoms with Gasteiger partial charge < -0.3 is 4.90 Å². The molecule has 0 spiro atoms. The van der Waals surface area contributed by atoms with E-state index in [4.69, 9.17) is 0 Å². The van der Waals surface area contributed by atoms with Crippen molar-refractivity contribution >= 4 is 11.6 Å². The van der Waals surface area contributed by atoms with Gasteiger partial charge in [0, 0.05) is 18.7 Å². The van der Waals surface area contributed by atoms with E-state index in [2.05, 4.69) is 6.92 Å². The van der Waals surface area contributed by atoms with Crippen molar-refractivity contribution in [2.24, 2.45) is 11.8 Å². The summed E-state index contributed by atoms with van der Waals surface area (Å²) in [7, 11) is 1.89. The highest BCUT2D eigenvalue weighted by molar-refractivity contribution is 5.94. The van der Waals surface area contributed by atoms with Gasteiger partial charge in [-0.25, -0.2) is 0 Å². The summed E-state index contributed by atoms with van der Waals surface area (Å²) in [5.74, 6) is 0.987. The second-order valence-electron chi connectivity index (χ2n) is 5.42. The minimum absolute atomic E-state index is 0.149. The van der Waals surface area contributed by atoms with Crippen molar-refractivity contribution in [3.05, 3.63) is 30.3 Å². The molecule has 2 heteroatoms. The molecule has 0 saturated heterocycles. The summed E-state index contributed by atoms with van der Waals surface area (Å²) in [5, 5.41) is 0. The Morgan fingerprint density at radius 3 is 2.39 bits per heavy atom. The number of para-hydroxylation sites is 1. The molecule has 1 amide bonds. The van der Waals surface area contributed by atoms with E-state index in [0.717, 1.165) is 5.69 Å². The van der Waals surface area contributed by atoms with Crippen molar-refractivity contribution in [3.63, 3.8) is 0 Å². The van der Waals surface area contributed by atoms with Crippen LogP contribution in [0.4, 0.5) is 5.69 Å². The monoisotopic (exact) mass is 245 g/mol. The first-order valence-electron chi connectivity index (χ1n) is 7.03. The molecule has 98 valence electrons. The summed E-state index contributed by atoms with van der Waals surface area (Å²) in [5.41, 5.74) is 0.991. The zero-order chi connectivity index (χ0) is 13.0. The maximum absolute atomic E-state index is 12.5. The summed E-state index contributed by atoms with van der Waals surface area (Å²) in [6.45, 7) is 2.10. The van der Waals surface area contributed by atoms with Crippen LogP contribution in [0.1, 0.15) is 39.0 Å². The average molecular weight is 245 g/mol. The third-order valence-electron chi connectivity index (χ3n) is 4.22. The molecule has 1 saturated carbocycles. The number of rotatable bonds is 3. The largest absolute Gasteiger partial charge is 0.315 e. The molecule has 0 unspecified atom stereocenters. The molecule has 1 aliphatic carbocycles. The third-order valence-corrected chi connectivity index (χ3v) is 4.22. The predicted octanol–water partition coefficient (Wildman–Crippen LogP) is 3.87. The summed E-state index contributed by atoms with van der Waals surface area (Å²) in [6, 6.07) is 9.91. The molecule has 1 aliphatic rings. The first-order chi connectivity index (χ1) is 8.70. The number of benzene rings is 1. The van der Waals surface area contributed by atoms with Crippen LogP contribution in [0.25, 0.3) is 0 Å². The molecule has 18 heavy (non-hydrogen) atoms. The molecule has 1 aromatic carbocycles. The normalized spacial score (nSPS) is 18.3. The van der Waals surface area contributed by atoms with Gasteiger partial charge in [0.05, 0.1) is 0 Å². The fourth-order valence-electron chi connectivity index (χ4n) is 2.92. The van der Waals surface area contributed by atoms with E-state index in [-0.39, 0.29) is 11.8 Å². The molecule has 1 atom stereocenters. The second-order valence-corrected chi connectivity index (χ2v) is 5.42. The molecule has 1 fully saturated rings. The molecule has 0 bridgehead atoms. The van der Waals surface area contributed by atoms with Crippen LogP contribution in [0.5, 0.6) is 0 Å². The van der Waals surface area contributed by atoms with Crippen molar-refractivity contribution in [2.75, 3.05) is 11.9 Å². The van der Waals surface area contributed by atoms with E-state index < -0.39 is 0 Å². The summed E-state index contributed by atoms with van der Waals surface area (Å²) >= 11 is 0. The van der Waals surface area contributed by atoms with Crippen LogP contribution in [0, 0.1) is 11.8 Å². The van der Waals surface area contributed by atoms with Crippen LogP contribution < -0.4 is 4.90 Å². The van der Waals surface area contributed by atoms with Crippen LogP contribution in [0.3, 0.4) is 0 Å². The van der Waals surface area contributed by atoms with Crippen LogP contribution in [0.15, 0.2) is 30.3 Å². The van der Waals surface area contributed by atoms with E-state index in [9.17, 15) is 4.79 Å². The van der Waals surface area contributed by atoms with E-state index in [1.807, 2.05) is 37.4 Å². The Morgan fingerprint density at radius 2 is 1.78 bits per heavy atom. The molecule has 0 aromatic heterocycles. The number of anilines is 1. The number of hydrogen-bond donors (Lipinski definition) is 0. The maximum Gasteiger partial charge on any atom is 0.229 e. The van der Waals surface area contributed by atoms with Crippen molar-refractivity contribution in [1.29, 1.82) is 0 Å². The SMILES string of the molecule is C[C@H](C(=O)N(C)c1ccccc1)C1CCCCC1. The zero-order valence-corrected chi connectivity index (χ0v) is 11.4. The Labute approximate surface area is 110 Å². The van der Waals surface area contributed by atoms with Crippen molar-refractivity contribution < 1.29 is 4.79 Å². The lowest BCUT2D eigenvalue weighted by molar-refractivity contribution is -0.123. The fourth-order valence-corrected chi connectivity index (χ4v) is 2.92. The Morgan fingerprint density at radius 1 is 1.17 bits per heavy atom. The van der Waals surface area contributed by atoms with Gasteiger partial charge in [0.2, 0.25) is 5.91 Å². The van der Waals surface area contributed by atoms with Crippen molar-refractivity contribution in [3.8, 4) is 0 Å². The van der Waals surface area contributed by atoms with E-state index in [1.54, 1.807) is 4.90 Å². The predicted molar refractivity (Wildman–Crippen MR) is 75.6 cm³/mol. The number of hydrogen-bond acceptors (Lipinski definition) is 1. The summed E-state index contributed by atoms with van der Waals surface area (Å²) in [4.78, 5) is 14.3. The highest BCUT2D eigenvalue weighted by Crippen LogP contribution is 2.31. The average Bonchev–Trinajstić information content (AvgIpc) is 2.47. The van der Waals surface area contributed by atoms with Gasteiger partial charge in [0.1, 0.15) is 0 Å². The summed E-state index contributed by atoms with van der Waals surface area (Å²) < 4.78 is 0. The molecular formula is C16H23NO. The minimum Gasteiger partial charge on any atom is -0.315 e. The number of carbonyl (C=O) groups excluding carboxylic acids is 1. The highest BCUT2D eigenvalue weighted by atomic mass is 16.2. The van der Waals surface area contributed by atoms with Crippen LogP contribution >= 0.6 is 0 Å². The molecule has 0 N–H and O–H groups in total. The Bertz CT molecular complexity index is 381. The van der Waals surface area contributed by atoms with E-state index in [1.165, 1.54) is 32.1 Å². The molecule has 1 aromatic rings. The number of amides is 1. The zero-order valence-electron chi connectivity index (χ0n) is 11.4. The van der Waals surface area contributed by atoms with E-state index >= 15 is 0 Å². The van der Waals surface area contributed by atoms with Gasteiger partial charge in [0.25, 0.3) is 0 Å². The highest BCUT2D eigenvalue weighted by Gasteiger charge is 2.27. The second kappa shape index (κ2) is 6.03. The van der Waals surface area contributed by atoms with Crippen LogP contribution in [-0.2, 0) is 4.79 Å². The standard InChI is InChI=1S/C16H23NO/c1-13(14-9-5-3-6-10-14)16(18)17(2)15-11-7-4-8-12-15/h4,7-8,11-14H,3,5-6,9-10H2,1-2H3/t13-/m0/s1. The lowest BCUT2D eigenvalue weighted by atomic mass is 9.80. The van der Waals surface area contributed by atoms with Gasteiger partial charge in [0.15, 0.2) is 0 Å². The Hall–Kier alpha value is -1.31. The maximum atomic E-state index is 12.5. The molecule has 2 rings (SSSR count). The smallest absolute Gasteiger partial charge is 0.229 e. The van der Waals surface area contributed by atoms with Gasteiger partial charge in [-0.2, -0.15) is 0 Å². The first-order valence-corrected chi connectivity index (χ1v) is 7.03. The van der Waals surface area contributed by atoms with Gasteiger partial charge in [-0.15, -0.1) is 0 Å². The molecule has 0 radical (unpaired) electrons. The lowest BCUT2D eigenvalue weighted by Gasteiger charge is -2.30. The number of nitrogens with zero attached hydrogens (tertiary/aromatic N) is 1. The molecule has 0 heterocycles. The Balaban J connectivity index is 2.01. The van der Waals surface area contributed by atoms with Crippen LogP contribution in [0.2, 0.25) is 0 Å². The molecule has 2 nitrogen and oxygen atoms in total. The fraction of sp³-hybridized carbons (Fsp3) is 0.562. The summed E-state index contributed by atoms with van der Waals surface area (Å²) in [6.07, 6.45) is 6.35. The van der Waals surface area contributed by atoms with Gasteiger partial charge in [-0.05, 0) is 30.9 Å². The molecule has 0 aliphatic heterocycles. The van der Waals surface area contributed by atoms with Crippen molar-refractivity contribution in [1.82, 2.24) is 0 Å². The van der Waals surface area contributed by atoms with Crippen molar-refractivity contribution in [2.45, 2.75) is 39.0 Å². The first kappa shape index (κ1) is 13.1. The number of carbonyl (C=O) groups is 1. The Kier molecular flexibility index (Phi) is 4.40. The van der Waals surface area contributed by atoms with Gasteiger partial charge in [-0.3, -0.25) is 4.79 Å². The molecular weight excluding hydrogens is 222 g/mol. The van der Waals surface area contributed by atoms with E-state index in [0.29, 0.717) is 5.92 Å². The minimum atomic E-state index is 0.149. The quantitative estimate of drug-likeness (QED) is 0.791. The van der Waals surface area contributed by atoms with Gasteiger partial charge >= 0.3 is 0 Å². The lowest BCUT2D eigenvalue weighted by Crippen LogP contribution is -2.35. The van der Waals surface area contributed by atoms with Gasteiger partial charge in [-0.1, -0.05) is 44.4 Å². The third kappa shape index (κ3) is 2.92.